The molecule has 1 aromatic carbocycles. The molecule has 20 heavy (non-hydrogen) atoms. The topological polar surface area (TPSA) is 101 Å². The quantitative estimate of drug-likeness (QED) is 0.697. The maximum absolute atomic E-state index is 12.2. The molecule has 1 unspecified atom stereocenters. The highest BCUT2D eigenvalue weighted by atomic mass is 32.2. The van der Waals surface area contributed by atoms with E-state index in [4.69, 9.17) is 5.73 Å². The molecule has 0 saturated carbocycles. The van der Waals surface area contributed by atoms with Crippen LogP contribution in [-0.2, 0) is 21.2 Å². The molecule has 0 spiro atoms. The summed E-state index contributed by atoms with van der Waals surface area (Å²) < 4.78 is 27.0. The zero-order valence-corrected chi connectivity index (χ0v) is 11.9. The Bertz CT molecular complexity index is 559. The summed E-state index contributed by atoms with van der Waals surface area (Å²) in [5.41, 5.74) is 6.46. The molecule has 0 aliphatic carbocycles. The van der Waals surface area contributed by atoms with Crippen molar-refractivity contribution < 1.29 is 13.2 Å². The van der Waals surface area contributed by atoms with Gasteiger partial charge < -0.3 is 11.1 Å². The average Bonchev–Trinajstić information content (AvgIpc) is 2.42. The fourth-order valence-corrected chi connectivity index (χ4v) is 3.39. The van der Waals surface area contributed by atoms with Crippen LogP contribution in [0, 0.1) is 0 Å². The predicted molar refractivity (Wildman–Crippen MR) is 75.6 cm³/mol. The second-order valence-corrected chi connectivity index (χ2v) is 6.56. The highest BCUT2D eigenvalue weighted by molar-refractivity contribution is 7.89. The van der Waals surface area contributed by atoms with Crippen LogP contribution >= 0.6 is 0 Å². The van der Waals surface area contributed by atoms with Crippen molar-refractivity contribution >= 4 is 15.9 Å². The molecule has 110 valence electrons. The van der Waals surface area contributed by atoms with Gasteiger partial charge in [-0.25, -0.2) is 13.1 Å². The summed E-state index contributed by atoms with van der Waals surface area (Å²) in [6.45, 7) is 0.870. The first-order valence-corrected chi connectivity index (χ1v) is 8.07. The molecule has 1 aromatic rings. The van der Waals surface area contributed by atoms with E-state index in [0.717, 1.165) is 12.0 Å². The first-order valence-electron chi connectivity index (χ1n) is 6.59. The molecule has 1 aliphatic rings. The summed E-state index contributed by atoms with van der Waals surface area (Å²) in [6.07, 6.45) is 1.60. The van der Waals surface area contributed by atoms with Crippen LogP contribution in [0.15, 0.2) is 29.2 Å². The Morgan fingerprint density at radius 1 is 1.30 bits per heavy atom. The third-order valence-electron chi connectivity index (χ3n) is 3.25. The number of hydrogen-bond donors (Lipinski definition) is 3. The first kappa shape index (κ1) is 15.0. The van der Waals surface area contributed by atoms with Gasteiger partial charge in [0, 0.05) is 19.0 Å². The zero-order valence-electron chi connectivity index (χ0n) is 11.1. The Hall–Kier alpha value is -1.44. The molecule has 1 amide bonds. The van der Waals surface area contributed by atoms with Crippen molar-refractivity contribution in [3.8, 4) is 0 Å². The summed E-state index contributed by atoms with van der Waals surface area (Å²) in [7, 11) is -3.54. The van der Waals surface area contributed by atoms with E-state index in [9.17, 15) is 13.2 Å². The van der Waals surface area contributed by atoms with Gasteiger partial charge in [0.1, 0.15) is 0 Å². The minimum atomic E-state index is -3.54. The van der Waals surface area contributed by atoms with Crippen LogP contribution < -0.4 is 15.8 Å². The Morgan fingerprint density at radius 3 is 2.55 bits per heavy atom. The van der Waals surface area contributed by atoms with Crippen molar-refractivity contribution in [3.63, 3.8) is 0 Å². The van der Waals surface area contributed by atoms with E-state index < -0.39 is 10.0 Å². The van der Waals surface area contributed by atoms with Gasteiger partial charge in [-0.15, -0.1) is 0 Å². The number of rotatable bonds is 5. The summed E-state index contributed by atoms with van der Waals surface area (Å²) in [6, 6.07) is 6.44. The monoisotopic (exact) mass is 297 g/mol. The van der Waals surface area contributed by atoms with Crippen molar-refractivity contribution in [1.29, 1.82) is 0 Å². The van der Waals surface area contributed by atoms with Crippen LogP contribution in [0.5, 0.6) is 0 Å². The van der Waals surface area contributed by atoms with E-state index in [1.807, 2.05) is 0 Å². The van der Waals surface area contributed by atoms with Crippen LogP contribution in [0.1, 0.15) is 18.4 Å². The van der Waals surface area contributed by atoms with E-state index in [2.05, 4.69) is 10.0 Å². The molecular weight excluding hydrogens is 278 g/mol. The maximum atomic E-state index is 12.2. The van der Waals surface area contributed by atoms with Crippen LogP contribution in [0.3, 0.4) is 0 Å². The SMILES string of the molecule is NCCc1ccc(S(=O)(=O)NC2CCC(=O)NC2)cc1. The van der Waals surface area contributed by atoms with Gasteiger partial charge in [0.05, 0.1) is 4.90 Å². The van der Waals surface area contributed by atoms with Crippen molar-refractivity contribution in [2.24, 2.45) is 5.73 Å². The lowest BCUT2D eigenvalue weighted by Gasteiger charge is -2.23. The van der Waals surface area contributed by atoms with Gasteiger partial charge in [-0.2, -0.15) is 0 Å². The number of piperidine rings is 1. The lowest BCUT2D eigenvalue weighted by atomic mass is 10.1. The Morgan fingerprint density at radius 2 is 2.00 bits per heavy atom. The summed E-state index contributed by atoms with van der Waals surface area (Å²) in [5.74, 6) is -0.0356. The fraction of sp³-hybridized carbons (Fsp3) is 0.462. The molecular formula is C13H19N3O3S. The van der Waals surface area contributed by atoms with Gasteiger partial charge in [-0.1, -0.05) is 12.1 Å². The Balaban J connectivity index is 2.04. The van der Waals surface area contributed by atoms with Gasteiger partial charge in [-0.05, 0) is 37.1 Å². The predicted octanol–water partition coefficient (Wildman–Crippen LogP) is -0.255. The second kappa shape index (κ2) is 6.34. The minimum absolute atomic E-state index is 0.0356. The molecule has 2 rings (SSSR count). The summed E-state index contributed by atoms with van der Waals surface area (Å²) >= 11 is 0. The van der Waals surface area contributed by atoms with Crippen molar-refractivity contribution in [2.75, 3.05) is 13.1 Å². The number of carbonyl (C=O) groups excluding carboxylic acids is 1. The molecule has 1 saturated heterocycles. The molecule has 4 N–H and O–H groups in total. The van der Waals surface area contributed by atoms with Gasteiger partial charge in [0.2, 0.25) is 15.9 Å². The number of hydrogen-bond acceptors (Lipinski definition) is 4. The van der Waals surface area contributed by atoms with E-state index in [-0.39, 0.29) is 16.8 Å². The van der Waals surface area contributed by atoms with Gasteiger partial charge in [0.25, 0.3) is 0 Å². The van der Waals surface area contributed by atoms with Gasteiger partial charge in [-0.3, -0.25) is 4.79 Å². The van der Waals surface area contributed by atoms with Gasteiger partial charge >= 0.3 is 0 Å². The van der Waals surface area contributed by atoms with Crippen LogP contribution in [0.25, 0.3) is 0 Å². The summed E-state index contributed by atoms with van der Waals surface area (Å²) in [5, 5.41) is 2.65. The van der Waals surface area contributed by atoms with Crippen molar-refractivity contribution in [2.45, 2.75) is 30.2 Å². The lowest BCUT2D eigenvalue weighted by Crippen LogP contribution is -2.47. The third-order valence-corrected chi connectivity index (χ3v) is 4.79. The van der Waals surface area contributed by atoms with Crippen LogP contribution in [0.4, 0.5) is 0 Å². The molecule has 1 heterocycles. The number of sulfonamides is 1. The fourth-order valence-electron chi connectivity index (χ4n) is 2.12. The molecule has 7 heteroatoms. The highest BCUT2D eigenvalue weighted by Gasteiger charge is 2.23. The van der Waals surface area contributed by atoms with Crippen molar-refractivity contribution in [1.82, 2.24) is 10.0 Å². The average molecular weight is 297 g/mol. The highest BCUT2D eigenvalue weighted by Crippen LogP contribution is 2.13. The summed E-state index contributed by atoms with van der Waals surface area (Å²) in [4.78, 5) is 11.3. The Kier molecular flexibility index (Phi) is 4.74. The number of amides is 1. The van der Waals surface area contributed by atoms with Crippen LogP contribution in [-0.4, -0.2) is 33.5 Å². The number of benzene rings is 1. The molecule has 1 aliphatic heterocycles. The maximum Gasteiger partial charge on any atom is 0.240 e. The van der Waals surface area contributed by atoms with E-state index in [1.165, 1.54) is 0 Å². The van der Waals surface area contributed by atoms with Crippen molar-refractivity contribution in [3.05, 3.63) is 29.8 Å². The van der Waals surface area contributed by atoms with Gasteiger partial charge in [0.15, 0.2) is 0 Å². The first-order chi connectivity index (χ1) is 9.51. The standard InChI is InChI=1S/C13H19N3O3S/c14-8-7-10-1-4-12(5-2-10)20(18,19)16-11-3-6-13(17)15-9-11/h1-2,4-5,11,16H,3,6-9,14H2,(H,15,17). The zero-order chi connectivity index (χ0) is 14.6. The Labute approximate surface area is 118 Å². The van der Waals surface area contributed by atoms with E-state index in [0.29, 0.717) is 25.9 Å². The molecule has 0 radical (unpaired) electrons. The lowest BCUT2D eigenvalue weighted by molar-refractivity contribution is -0.122. The molecule has 0 bridgehead atoms. The third kappa shape index (κ3) is 3.78. The second-order valence-electron chi connectivity index (χ2n) is 4.84. The normalized spacial score (nSPS) is 19.6. The molecule has 6 nitrogen and oxygen atoms in total. The number of nitrogens with two attached hydrogens (primary N) is 1. The molecule has 0 aromatic heterocycles. The van der Waals surface area contributed by atoms with E-state index >= 15 is 0 Å². The number of nitrogens with one attached hydrogen (secondary N) is 2. The van der Waals surface area contributed by atoms with E-state index in [1.54, 1.807) is 24.3 Å². The molecule has 1 atom stereocenters. The molecule has 1 fully saturated rings. The largest absolute Gasteiger partial charge is 0.355 e. The van der Waals surface area contributed by atoms with Crippen LogP contribution in [0.2, 0.25) is 0 Å². The minimum Gasteiger partial charge on any atom is -0.355 e. The number of carbonyl (C=O) groups is 1. The smallest absolute Gasteiger partial charge is 0.240 e.